The second-order valence-electron chi connectivity index (χ2n) is 6.87. The van der Waals surface area contributed by atoms with Crippen molar-refractivity contribution >= 4 is 11.9 Å². The Balaban J connectivity index is 1.59. The van der Waals surface area contributed by atoms with Crippen LogP contribution in [0, 0.1) is 0 Å². The third-order valence-corrected chi connectivity index (χ3v) is 5.03. The van der Waals surface area contributed by atoms with Gasteiger partial charge in [-0.05, 0) is 30.4 Å². The molecule has 1 aromatic rings. The van der Waals surface area contributed by atoms with Crippen LogP contribution in [0.5, 0.6) is 0 Å². The van der Waals surface area contributed by atoms with Crippen molar-refractivity contribution in [3.05, 3.63) is 35.4 Å². The van der Waals surface area contributed by atoms with Gasteiger partial charge in [0.15, 0.2) is 5.96 Å². The number of aliphatic imine (C=N–C) groups is 1. The number of nitrogens with two attached hydrogens (primary N) is 1. The lowest BCUT2D eigenvalue weighted by atomic mass is 9.96. The first kappa shape index (κ1) is 16.8. The number of hydrogen-bond acceptors (Lipinski definition) is 2. The van der Waals surface area contributed by atoms with Crippen molar-refractivity contribution in [1.29, 1.82) is 0 Å². The van der Waals surface area contributed by atoms with Crippen LogP contribution in [0.25, 0.3) is 0 Å². The first-order valence-corrected chi connectivity index (χ1v) is 9.13. The Morgan fingerprint density at radius 1 is 1.17 bits per heavy atom. The van der Waals surface area contributed by atoms with Crippen LogP contribution in [0.1, 0.15) is 56.1 Å². The van der Waals surface area contributed by atoms with Gasteiger partial charge in [0.1, 0.15) is 0 Å². The lowest BCUT2D eigenvalue weighted by Gasteiger charge is -2.23. The molecular formula is C19H28N4O. The molecule has 1 saturated heterocycles. The van der Waals surface area contributed by atoms with Crippen molar-refractivity contribution in [3.63, 3.8) is 0 Å². The highest BCUT2D eigenvalue weighted by Gasteiger charge is 2.20. The maximum absolute atomic E-state index is 11.8. The highest BCUT2D eigenvalue weighted by atomic mass is 16.2. The van der Waals surface area contributed by atoms with Crippen LogP contribution in [0.2, 0.25) is 0 Å². The summed E-state index contributed by atoms with van der Waals surface area (Å²) in [6.07, 6.45) is 7.90. The molecular weight excluding hydrogens is 300 g/mol. The van der Waals surface area contributed by atoms with E-state index in [0.717, 1.165) is 18.5 Å². The predicted molar refractivity (Wildman–Crippen MR) is 96.4 cm³/mol. The molecule has 0 radical (unpaired) electrons. The Labute approximate surface area is 144 Å². The lowest BCUT2D eigenvalue weighted by molar-refractivity contribution is -0.128. The van der Waals surface area contributed by atoms with E-state index in [4.69, 9.17) is 5.73 Å². The Morgan fingerprint density at radius 3 is 2.62 bits per heavy atom. The average molecular weight is 328 g/mol. The van der Waals surface area contributed by atoms with E-state index in [0.29, 0.717) is 31.5 Å². The molecule has 5 heteroatoms. The van der Waals surface area contributed by atoms with Gasteiger partial charge in [0.25, 0.3) is 0 Å². The molecule has 2 aliphatic rings. The van der Waals surface area contributed by atoms with Gasteiger partial charge in [-0.3, -0.25) is 4.79 Å². The molecule has 0 aromatic heterocycles. The van der Waals surface area contributed by atoms with E-state index >= 15 is 0 Å². The third kappa shape index (κ3) is 4.49. The predicted octanol–water partition coefficient (Wildman–Crippen LogP) is 2.55. The summed E-state index contributed by atoms with van der Waals surface area (Å²) in [6.45, 7) is 2.10. The fraction of sp³-hybridized carbons (Fsp3) is 0.579. The van der Waals surface area contributed by atoms with Crippen LogP contribution in [0.3, 0.4) is 0 Å². The fourth-order valence-electron chi connectivity index (χ4n) is 3.61. The molecule has 1 saturated carbocycles. The van der Waals surface area contributed by atoms with Gasteiger partial charge in [-0.2, -0.15) is 0 Å². The second kappa shape index (κ2) is 8.18. The number of nitrogens with one attached hydrogen (secondary N) is 1. The lowest BCUT2D eigenvalue weighted by Crippen LogP contribution is -2.41. The molecule has 0 spiro atoms. The molecule has 1 heterocycles. The monoisotopic (exact) mass is 328 g/mol. The molecule has 3 rings (SSSR count). The van der Waals surface area contributed by atoms with Crippen LogP contribution >= 0.6 is 0 Å². The van der Waals surface area contributed by atoms with Crippen molar-refractivity contribution in [2.24, 2.45) is 10.7 Å². The molecule has 0 unspecified atom stereocenters. The van der Waals surface area contributed by atoms with E-state index in [1.807, 2.05) is 17.0 Å². The molecule has 1 aromatic carbocycles. The van der Waals surface area contributed by atoms with Crippen LogP contribution in [0.15, 0.2) is 29.3 Å². The maximum Gasteiger partial charge on any atom is 0.222 e. The van der Waals surface area contributed by atoms with E-state index in [1.54, 1.807) is 0 Å². The van der Waals surface area contributed by atoms with Gasteiger partial charge in [0.2, 0.25) is 5.91 Å². The molecule has 3 N–H and O–H groups in total. The molecule has 1 aliphatic carbocycles. The summed E-state index contributed by atoms with van der Waals surface area (Å²) in [7, 11) is 0. The molecule has 2 fully saturated rings. The van der Waals surface area contributed by atoms with Crippen molar-refractivity contribution < 1.29 is 4.79 Å². The summed E-state index contributed by atoms with van der Waals surface area (Å²) in [6, 6.07) is 8.67. The first-order chi connectivity index (χ1) is 11.7. The Hall–Kier alpha value is -2.04. The molecule has 130 valence electrons. The summed E-state index contributed by atoms with van der Waals surface area (Å²) in [5.41, 5.74) is 8.38. The number of guanidine groups is 1. The third-order valence-electron chi connectivity index (χ3n) is 5.03. The van der Waals surface area contributed by atoms with E-state index in [9.17, 15) is 4.79 Å². The Morgan fingerprint density at radius 2 is 1.92 bits per heavy atom. The van der Waals surface area contributed by atoms with Crippen molar-refractivity contribution in [1.82, 2.24) is 10.2 Å². The minimum Gasteiger partial charge on any atom is -0.370 e. The van der Waals surface area contributed by atoms with Crippen LogP contribution in [-0.4, -0.2) is 29.4 Å². The van der Waals surface area contributed by atoms with Gasteiger partial charge in [-0.25, -0.2) is 4.99 Å². The molecule has 1 aliphatic heterocycles. The fourth-order valence-corrected chi connectivity index (χ4v) is 3.61. The van der Waals surface area contributed by atoms with Crippen LogP contribution < -0.4 is 11.1 Å². The summed E-state index contributed by atoms with van der Waals surface area (Å²) in [5.74, 6) is 0.792. The number of carbonyl (C=O) groups is 1. The topological polar surface area (TPSA) is 70.7 Å². The van der Waals surface area contributed by atoms with Gasteiger partial charge in [-0.15, -0.1) is 0 Å². The Kier molecular flexibility index (Phi) is 5.72. The zero-order valence-corrected chi connectivity index (χ0v) is 14.3. The van der Waals surface area contributed by atoms with E-state index in [1.165, 1.54) is 37.7 Å². The van der Waals surface area contributed by atoms with Crippen LogP contribution in [0.4, 0.5) is 0 Å². The van der Waals surface area contributed by atoms with E-state index in [2.05, 4.69) is 22.4 Å². The quantitative estimate of drug-likeness (QED) is 0.644. The molecule has 0 bridgehead atoms. The SMILES string of the molecule is NC(=NCc1ccccc1CN1CCCC1=O)NC1CCCCC1. The highest BCUT2D eigenvalue weighted by molar-refractivity contribution is 5.78. The van der Waals surface area contributed by atoms with Gasteiger partial charge < -0.3 is 16.0 Å². The van der Waals surface area contributed by atoms with E-state index < -0.39 is 0 Å². The maximum atomic E-state index is 11.8. The average Bonchev–Trinajstić information content (AvgIpc) is 3.00. The number of hydrogen-bond donors (Lipinski definition) is 2. The summed E-state index contributed by atoms with van der Waals surface area (Å²) in [4.78, 5) is 18.3. The minimum atomic E-state index is 0.256. The van der Waals surface area contributed by atoms with Gasteiger partial charge in [-0.1, -0.05) is 43.5 Å². The highest BCUT2D eigenvalue weighted by Crippen LogP contribution is 2.19. The van der Waals surface area contributed by atoms with Gasteiger partial charge in [0, 0.05) is 25.6 Å². The number of rotatable bonds is 5. The van der Waals surface area contributed by atoms with Crippen molar-refractivity contribution in [2.75, 3.05) is 6.54 Å². The second-order valence-corrected chi connectivity index (χ2v) is 6.87. The summed E-state index contributed by atoms with van der Waals surface area (Å²) < 4.78 is 0. The summed E-state index contributed by atoms with van der Waals surface area (Å²) in [5, 5.41) is 3.35. The number of nitrogens with zero attached hydrogens (tertiary/aromatic N) is 2. The van der Waals surface area contributed by atoms with Crippen LogP contribution in [-0.2, 0) is 17.9 Å². The largest absolute Gasteiger partial charge is 0.370 e. The molecule has 0 atom stereocenters. The number of benzene rings is 1. The number of likely N-dealkylation sites (tertiary alicyclic amines) is 1. The van der Waals surface area contributed by atoms with Crippen molar-refractivity contribution in [2.45, 2.75) is 64.1 Å². The standard InChI is InChI=1S/C19H28N4O/c20-19(22-17-9-2-1-3-10-17)21-13-15-7-4-5-8-16(15)14-23-12-6-11-18(23)24/h4-5,7-8,17H,1-3,6,9-14H2,(H3,20,21,22). The Bertz CT molecular complexity index is 593. The molecule has 24 heavy (non-hydrogen) atoms. The van der Waals surface area contributed by atoms with Crippen molar-refractivity contribution in [3.8, 4) is 0 Å². The minimum absolute atomic E-state index is 0.256. The molecule has 5 nitrogen and oxygen atoms in total. The normalized spacial score (nSPS) is 19.8. The zero-order valence-electron chi connectivity index (χ0n) is 14.3. The molecule has 1 amide bonds. The first-order valence-electron chi connectivity index (χ1n) is 9.13. The number of amides is 1. The smallest absolute Gasteiger partial charge is 0.222 e. The van der Waals surface area contributed by atoms with E-state index in [-0.39, 0.29) is 5.91 Å². The van der Waals surface area contributed by atoms with Gasteiger partial charge in [0.05, 0.1) is 6.54 Å². The zero-order chi connectivity index (χ0) is 16.8. The number of carbonyl (C=O) groups excluding carboxylic acids is 1. The van der Waals surface area contributed by atoms with Gasteiger partial charge >= 0.3 is 0 Å². The summed E-state index contributed by atoms with van der Waals surface area (Å²) >= 11 is 0.